The Labute approximate surface area is 112 Å². The first kappa shape index (κ1) is 15.1. The summed E-state index contributed by atoms with van der Waals surface area (Å²) in [4.78, 5) is 10.5. The minimum absolute atomic E-state index is 0.00328. The third kappa shape index (κ3) is 3.27. The molecule has 0 fully saturated rings. The molecule has 0 unspecified atom stereocenters. The SMILES string of the molecule is Cc1cc(F)c(Br)cc1S(=O)(=O)N[C@@H](C)C(=O)O. The van der Waals surface area contributed by atoms with Crippen LogP contribution in [0.15, 0.2) is 21.5 Å². The van der Waals surface area contributed by atoms with E-state index < -0.39 is 27.9 Å². The maximum absolute atomic E-state index is 13.2. The van der Waals surface area contributed by atoms with Crippen LogP contribution in [0, 0.1) is 12.7 Å². The second kappa shape index (κ2) is 5.33. The molecular formula is C10H11BrFNO4S. The minimum Gasteiger partial charge on any atom is -0.480 e. The predicted octanol–water partition coefficient (Wildman–Crippen LogP) is 1.65. The minimum atomic E-state index is -4.00. The average Bonchev–Trinajstić information content (AvgIpc) is 2.22. The fraction of sp³-hybridized carbons (Fsp3) is 0.300. The molecule has 0 aromatic heterocycles. The standard InChI is InChI=1S/C10H11BrFNO4S/c1-5-3-8(12)7(11)4-9(5)18(16,17)13-6(2)10(14)15/h3-4,6,13H,1-2H3,(H,14,15)/t6-/m0/s1. The summed E-state index contributed by atoms with van der Waals surface area (Å²) < 4.78 is 39.0. The van der Waals surface area contributed by atoms with Crippen LogP contribution in [0.4, 0.5) is 4.39 Å². The second-order valence-corrected chi connectivity index (χ2v) is 6.25. The number of rotatable bonds is 4. The molecular weight excluding hydrogens is 329 g/mol. The van der Waals surface area contributed by atoms with Crippen molar-refractivity contribution >= 4 is 31.9 Å². The molecule has 100 valence electrons. The fourth-order valence-corrected chi connectivity index (χ4v) is 3.21. The third-order valence-corrected chi connectivity index (χ3v) is 4.50. The second-order valence-electron chi connectivity index (χ2n) is 3.71. The molecule has 0 amide bonds. The van der Waals surface area contributed by atoms with Crippen LogP contribution < -0.4 is 4.72 Å². The van der Waals surface area contributed by atoms with E-state index in [1.807, 2.05) is 4.72 Å². The number of carboxylic acids is 1. The number of nitrogens with one attached hydrogen (secondary N) is 1. The van der Waals surface area contributed by atoms with Crippen molar-refractivity contribution < 1.29 is 22.7 Å². The lowest BCUT2D eigenvalue weighted by molar-refractivity contribution is -0.138. The molecule has 0 spiro atoms. The lowest BCUT2D eigenvalue weighted by Gasteiger charge is -2.12. The number of carboxylic acid groups (broad SMARTS) is 1. The molecule has 0 radical (unpaired) electrons. The molecule has 2 N–H and O–H groups in total. The molecule has 0 heterocycles. The van der Waals surface area contributed by atoms with Gasteiger partial charge in [0.05, 0.1) is 9.37 Å². The van der Waals surface area contributed by atoms with Crippen molar-refractivity contribution in [3.63, 3.8) is 0 Å². The van der Waals surface area contributed by atoms with Crippen molar-refractivity contribution in [2.45, 2.75) is 24.8 Å². The lowest BCUT2D eigenvalue weighted by atomic mass is 10.2. The van der Waals surface area contributed by atoms with Crippen molar-refractivity contribution in [2.24, 2.45) is 0 Å². The van der Waals surface area contributed by atoms with Crippen molar-refractivity contribution in [3.05, 3.63) is 28.0 Å². The summed E-state index contributed by atoms with van der Waals surface area (Å²) in [6, 6.07) is 0.893. The number of hydrogen-bond acceptors (Lipinski definition) is 3. The Kier molecular flexibility index (Phi) is 4.46. The van der Waals surface area contributed by atoms with Gasteiger partial charge in [0.15, 0.2) is 0 Å². The van der Waals surface area contributed by atoms with Gasteiger partial charge in [-0.1, -0.05) is 0 Å². The molecule has 5 nitrogen and oxygen atoms in total. The first-order chi connectivity index (χ1) is 8.15. The number of sulfonamides is 1. The van der Waals surface area contributed by atoms with Gasteiger partial charge in [0.25, 0.3) is 0 Å². The molecule has 0 aliphatic carbocycles. The summed E-state index contributed by atoms with van der Waals surface area (Å²) in [5.41, 5.74) is 0.195. The Bertz CT molecular complexity index is 588. The highest BCUT2D eigenvalue weighted by atomic mass is 79.9. The largest absolute Gasteiger partial charge is 0.480 e. The quantitative estimate of drug-likeness (QED) is 0.873. The molecule has 18 heavy (non-hydrogen) atoms. The van der Waals surface area contributed by atoms with Crippen LogP contribution in [0.1, 0.15) is 12.5 Å². The van der Waals surface area contributed by atoms with Crippen LogP contribution in [0.3, 0.4) is 0 Å². The Balaban J connectivity index is 3.21. The molecule has 0 saturated heterocycles. The number of aliphatic carboxylic acids is 1. The topological polar surface area (TPSA) is 83.5 Å². The highest BCUT2D eigenvalue weighted by molar-refractivity contribution is 9.10. The van der Waals surface area contributed by atoms with Gasteiger partial charge in [-0.05, 0) is 47.5 Å². The Morgan fingerprint density at radius 1 is 1.50 bits per heavy atom. The molecule has 0 bridgehead atoms. The van der Waals surface area contributed by atoms with E-state index >= 15 is 0 Å². The van der Waals surface area contributed by atoms with Crippen LogP contribution in [0.5, 0.6) is 0 Å². The number of carbonyl (C=O) groups is 1. The van der Waals surface area contributed by atoms with Gasteiger partial charge in [-0.2, -0.15) is 4.72 Å². The van der Waals surface area contributed by atoms with E-state index in [-0.39, 0.29) is 14.9 Å². The summed E-state index contributed by atoms with van der Waals surface area (Å²) in [5, 5.41) is 8.66. The normalized spacial score (nSPS) is 13.3. The molecule has 1 atom stereocenters. The smallest absolute Gasteiger partial charge is 0.321 e. The molecule has 0 saturated carbocycles. The molecule has 8 heteroatoms. The zero-order valence-corrected chi connectivity index (χ0v) is 12.0. The number of hydrogen-bond donors (Lipinski definition) is 2. The van der Waals surface area contributed by atoms with E-state index in [0.717, 1.165) is 12.1 Å². The van der Waals surface area contributed by atoms with Crippen molar-refractivity contribution in [1.82, 2.24) is 4.72 Å². The van der Waals surface area contributed by atoms with Crippen LogP contribution in [0.2, 0.25) is 0 Å². The molecule has 1 aromatic rings. The van der Waals surface area contributed by atoms with E-state index in [1.165, 1.54) is 13.8 Å². The van der Waals surface area contributed by atoms with E-state index in [1.54, 1.807) is 0 Å². The van der Waals surface area contributed by atoms with E-state index in [0.29, 0.717) is 0 Å². The lowest BCUT2D eigenvalue weighted by Crippen LogP contribution is -2.38. The molecule has 1 aromatic carbocycles. The predicted molar refractivity (Wildman–Crippen MR) is 66.3 cm³/mol. The van der Waals surface area contributed by atoms with Crippen molar-refractivity contribution in [2.75, 3.05) is 0 Å². The van der Waals surface area contributed by atoms with Gasteiger partial charge < -0.3 is 5.11 Å². The first-order valence-corrected chi connectivity index (χ1v) is 7.13. The summed E-state index contributed by atoms with van der Waals surface area (Å²) in [6.07, 6.45) is 0. The maximum atomic E-state index is 13.2. The Morgan fingerprint density at radius 3 is 2.56 bits per heavy atom. The number of halogens is 2. The summed E-state index contributed by atoms with van der Waals surface area (Å²) in [5.74, 6) is -1.88. The van der Waals surface area contributed by atoms with E-state index in [9.17, 15) is 17.6 Å². The summed E-state index contributed by atoms with van der Waals surface area (Å²) in [7, 11) is -4.00. The van der Waals surface area contributed by atoms with Gasteiger partial charge in [0.2, 0.25) is 10.0 Å². The van der Waals surface area contributed by atoms with Gasteiger partial charge in [-0.3, -0.25) is 4.79 Å². The van der Waals surface area contributed by atoms with Crippen LogP contribution in [-0.4, -0.2) is 25.5 Å². The zero-order valence-electron chi connectivity index (χ0n) is 9.57. The van der Waals surface area contributed by atoms with E-state index in [4.69, 9.17) is 5.11 Å². The summed E-state index contributed by atoms with van der Waals surface area (Å²) >= 11 is 2.88. The van der Waals surface area contributed by atoms with Gasteiger partial charge >= 0.3 is 5.97 Å². The van der Waals surface area contributed by atoms with Gasteiger partial charge in [-0.25, -0.2) is 12.8 Å². The van der Waals surface area contributed by atoms with Crippen LogP contribution in [-0.2, 0) is 14.8 Å². The average molecular weight is 340 g/mol. The van der Waals surface area contributed by atoms with Gasteiger partial charge in [-0.15, -0.1) is 0 Å². The van der Waals surface area contributed by atoms with Gasteiger partial charge in [0, 0.05) is 0 Å². The number of benzene rings is 1. The van der Waals surface area contributed by atoms with Crippen LogP contribution >= 0.6 is 15.9 Å². The highest BCUT2D eigenvalue weighted by Crippen LogP contribution is 2.23. The highest BCUT2D eigenvalue weighted by Gasteiger charge is 2.24. The molecule has 0 aliphatic heterocycles. The van der Waals surface area contributed by atoms with Crippen molar-refractivity contribution in [3.8, 4) is 0 Å². The summed E-state index contributed by atoms with van der Waals surface area (Å²) in [6.45, 7) is 2.63. The molecule has 1 rings (SSSR count). The monoisotopic (exact) mass is 339 g/mol. The fourth-order valence-electron chi connectivity index (χ4n) is 1.26. The van der Waals surface area contributed by atoms with Crippen LogP contribution in [0.25, 0.3) is 0 Å². The number of aryl methyl sites for hydroxylation is 1. The maximum Gasteiger partial charge on any atom is 0.321 e. The third-order valence-electron chi connectivity index (χ3n) is 2.21. The molecule has 0 aliphatic rings. The first-order valence-electron chi connectivity index (χ1n) is 4.86. The Hall–Kier alpha value is -0.990. The van der Waals surface area contributed by atoms with E-state index in [2.05, 4.69) is 15.9 Å². The van der Waals surface area contributed by atoms with Crippen molar-refractivity contribution in [1.29, 1.82) is 0 Å². The van der Waals surface area contributed by atoms with Gasteiger partial charge in [0.1, 0.15) is 11.9 Å². The zero-order chi connectivity index (χ0) is 14.1. The Morgan fingerprint density at radius 2 is 2.06 bits per heavy atom.